The summed E-state index contributed by atoms with van der Waals surface area (Å²) in [6, 6.07) is 0.267. The zero-order valence-corrected chi connectivity index (χ0v) is 10.1. The van der Waals surface area contributed by atoms with Crippen molar-refractivity contribution in [1.82, 2.24) is 9.97 Å². The molecule has 0 bridgehead atoms. The second-order valence-corrected chi connectivity index (χ2v) is 4.48. The molecule has 0 spiro atoms. The van der Waals surface area contributed by atoms with E-state index in [0.717, 1.165) is 44.0 Å². The fraction of sp³-hybridized carbons (Fsp3) is 0.667. The highest BCUT2D eigenvalue weighted by Crippen LogP contribution is 2.16. The lowest BCUT2D eigenvalue weighted by Gasteiger charge is -2.30. The zero-order valence-electron chi connectivity index (χ0n) is 10.1. The second kappa shape index (κ2) is 4.78. The maximum atomic E-state index is 5.96. The fourth-order valence-electron chi connectivity index (χ4n) is 2.17. The molecule has 0 radical (unpaired) electrons. The SMILES string of the molecule is CCc1cnc(N2CCCC(N)C2)nc1C. The van der Waals surface area contributed by atoms with Gasteiger partial charge in [-0.2, -0.15) is 0 Å². The van der Waals surface area contributed by atoms with Crippen LogP contribution in [0.4, 0.5) is 5.95 Å². The molecule has 2 heterocycles. The van der Waals surface area contributed by atoms with Crippen molar-refractivity contribution >= 4 is 5.95 Å². The van der Waals surface area contributed by atoms with Gasteiger partial charge in [0.2, 0.25) is 5.95 Å². The first-order chi connectivity index (χ1) is 7.70. The molecule has 1 atom stereocenters. The van der Waals surface area contributed by atoms with Crippen LogP contribution >= 0.6 is 0 Å². The number of aromatic nitrogens is 2. The maximum absolute atomic E-state index is 5.96. The van der Waals surface area contributed by atoms with Crippen LogP contribution in [0.2, 0.25) is 0 Å². The summed E-state index contributed by atoms with van der Waals surface area (Å²) in [5.41, 5.74) is 8.28. The van der Waals surface area contributed by atoms with Crippen LogP contribution in [0.3, 0.4) is 0 Å². The van der Waals surface area contributed by atoms with Gasteiger partial charge in [0.1, 0.15) is 0 Å². The standard InChI is InChI=1S/C12H20N4/c1-3-10-7-14-12(15-9(10)2)16-6-4-5-11(13)8-16/h7,11H,3-6,8,13H2,1-2H3. The summed E-state index contributed by atoms with van der Waals surface area (Å²) in [7, 11) is 0. The van der Waals surface area contributed by atoms with Gasteiger partial charge in [0.15, 0.2) is 0 Å². The minimum atomic E-state index is 0.267. The Morgan fingerprint density at radius 2 is 2.38 bits per heavy atom. The Kier molecular flexibility index (Phi) is 3.39. The molecule has 1 aromatic rings. The lowest BCUT2D eigenvalue weighted by atomic mass is 10.1. The highest BCUT2D eigenvalue weighted by molar-refractivity contribution is 5.33. The molecule has 1 aliphatic heterocycles. The van der Waals surface area contributed by atoms with Gasteiger partial charge in [-0.1, -0.05) is 6.92 Å². The third-order valence-electron chi connectivity index (χ3n) is 3.19. The predicted octanol–water partition coefficient (Wildman–Crippen LogP) is 1.27. The molecule has 4 heteroatoms. The van der Waals surface area contributed by atoms with Gasteiger partial charge < -0.3 is 10.6 Å². The first kappa shape index (κ1) is 11.3. The van der Waals surface area contributed by atoms with Crippen molar-refractivity contribution in [1.29, 1.82) is 0 Å². The molecule has 1 aromatic heterocycles. The van der Waals surface area contributed by atoms with E-state index in [1.807, 2.05) is 13.1 Å². The largest absolute Gasteiger partial charge is 0.339 e. The molecule has 1 unspecified atom stereocenters. The number of anilines is 1. The van der Waals surface area contributed by atoms with Gasteiger partial charge in [-0.05, 0) is 31.7 Å². The monoisotopic (exact) mass is 220 g/mol. The predicted molar refractivity (Wildman–Crippen MR) is 65.6 cm³/mol. The van der Waals surface area contributed by atoms with Gasteiger partial charge in [0.05, 0.1) is 0 Å². The van der Waals surface area contributed by atoms with Crippen LogP contribution < -0.4 is 10.6 Å². The van der Waals surface area contributed by atoms with Crippen LogP contribution in [-0.4, -0.2) is 29.1 Å². The highest BCUT2D eigenvalue weighted by Gasteiger charge is 2.19. The first-order valence-electron chi connectivity index (χ1n) is 6.03. The number of aryl methyl sites for hydroxylation is 2. The van der Waals surface area contributed by atoms with Crippen molar-refractivity contribution in [3.05, 3.63) is 17.5 Å². The van der Waals surface area contributed by atoms with Crippen LogP contribution in [0.5, 0.6) is 0 Å². The summed E-state index contributed by atoms with van der Waals surface area (Å²) < 4.78 is 0. The van der Waals surface area contributed by atoms with E-state index in [1.54, 1.807) is 0 Å². The number of piperidine rings is 1. The molecule has 0 aromatic carbocycles. The molecule has 1 saturated heterocycles. The van der Waals surface area contributed by atoms with E-state index in [0.29, 0.717) is 0 Å². The summed E-state index contributed by atoms with van der Waals surface area (Å²) in [6.07, 6.45) is 5.19. The lowest BCUT2D eigenvalue weighted by Crippen LogP contribution is -2.43. The Balaban J connectivity index is 2.17. The lowest BCUT2D eigenvalue weighted by molar-refractivity contribution is 0.499. The quantitative estimate of drug-likeness (QED) is 0.815. The summed E-state index contributed by atoms with van der Waals surface area (Å²) in [6.45, 7) is 6.08. The van der Waals surface area contributed by atoms with Crippen molar-refractivity contribution in [2.24, 2.45) is 5.73 Å². The van der Waals surface area contributed by atoms with Gasteiger partial charge in [-0.25, -0.2) is 9.97 Å². The molecular weight excluding hydrogens is 200 g/mol. The molecule has 4 nitrogen and oxygen atoms in total. The molecule has 16 heavy (non-hydrogen) atoms. The topological polar surface area (TPSA) is 55.0 Å². The van der Waals surface area contributed by atoms with Crippen LogP contribution in [0.1, 0.15) is 31.0 Å². The number of rotatable bonds is 2. The van der Waals surface area contributed by atoms with Crippen molar-refractivity contribution in [2.45, 2.75) is 39.2 Å². The first-order valence-corrected chi connectivity index (χ1v) is 6.03. The van der Waals surface area contributed by atoms with Crippen LogP contribution in [-0.2, 0) is 6.42 Å². The maximum Gasteiger partial charge on any atom is 0.225 e. The molecule has 0 amide bonds. The Bertz CT molecular complexity index is 364. The summed E-state index contributed by atoms with van der Waals surface area (Å²) in [5.74, 6) is 0.838. The number of hydrogen-bond donors (Lipinski definition) is 1. The number of nitrogens with zero attached hydrogens (tertiary/aromatic N) is 3. The van der Waals surface area contributed by atoms with Gasteiger partial charge in [-0.3, -0.25) is 0 Å². The average molecular weight is 220 g/mol. The van der Waals surface area contributed by atoms with Crippen molar-refractivity contribution < 1.29 is 0 Å². The van der Waals surface area contributed by atoms with Crippen molar-refractivity contribution in [3.8, 4) is 0 Å². The Hall–Kier alpha value is -1.16. The van der Waals surface area contributed by atoms with E-state index in [-0.39, 0.29) is 6.04 Å². The van der Waals surface area contributed by atoms with Gasteiger partial charge in [-0.15, -0.1) is 0 Å². The van der Waals surface area contributed by atoms with E-state index in [9.17, 15) is 0 Å². The molecule has 1 aliphatic rings. The molecular formula is C12H20N4. The molecule has 2 N–H and O–H groups in total. The normalized spacial score (nSPS) is 21.2. The van der Waals surface area contributed by atoms with E-state index in [4.69, 9.17) is 5.73 Å². The molecule has 88 valence electrons. The molecule has 0 saturated carbocycles. The molecule has 1 fully saturated rings. The average Bonchev–Trinajstić information content (AvgIpc) is 2.29. The van der Waals surface area contributed by atoms with Gasteiger partial charge >= 0.3 is 0 Å². The third-order valence-corrected chi connectivity index (χ3v) is 3.19. The summed E-state index contributed by atoms with van der Waals surface area (Å²) in [4.78, 5) is 11.2. The second-order valence-electron chi connectivity index (χ2n) is 4.48. The Morgan fingerprint density at radius 3 is 3.00 bits per heavy atom. The highest BCUT2D eigenvalue weighted by atomic mass is 15.3. The smallest absolute Gasteiger partial charge is 0.225 e. The summed E-state index contributed by atoms with van der Waals surface area (Å²) >= 11 is 0. The van der Waals surface area contributed by atoms with Crippen LogP contribution in [0, 0.1) is 6.92 Å². The molecule has 0 aliphatic carbocycles. The fourth-order valence-corrected chi connectivity index (χ4v) is 2.17. The number of nitrogens with two attached hydrogens (primary N) is 1. The zero-order chi connectivity index (χ0) is 11.5. The van der Waals surface area contributed by atoms with E-state index >= 15 is 0 Å². The van der Waals surface area contributed by atoms with E-state index < -0.39 is 0 Å². The Morgan fingerprint density at radius 1 is 1.56 bits per heavy atom. The van der Waals surface area contributed by atoms with Crippen LogP contribution in [0.15, 0.2) is 6.20 Å². The number of hydrogen-bond acceptors (Lipinski definition) is 4. The van der Waals surface area contributed by atoms with Crippen LogP contribution in [0.25, 0.3) is 0 Å². The van der Waals surface area contributed by atoms with Gasteiger partial charge in [0, 0.05) is 31.0 Å². The van der Waals surface area contributed by atoms with Crippen molar-refractivity contribution in [2.75, 3.05) is 18.0 Å². The Labute approximate surface area is 96.9 Å². The molecule has 2 rings (SSSR count). The summed E-state index contributed by atoms with van der Waals surface area (Å²) in [5, 5.41) is 0. The van der Waals surface area contributed by atoms with E-state index in [2.05, 4.69) is 21.8 Å². The van der Waals surface area contributed by atoms with Crippen molar-refractivity contribution in [3.63, 3.8) is 0 Å². The minimum absolute atomic E-state index is 0.267. The van der Waals surface area contributed by atoms with E-state index in [1.165, 1.54) is 5.56 Å². The van der Waals surface area contributed by atoms with Gasteiger partial charge in [0.25, 0.3) is 0 Å². The minimum Gasteiger partial charge on any atom is -0.339 e. The third kappa shape index (κ3) is 2.32.